The van der Waals surface area contributed by atoms with Crippen LogP contribution in [0.2, 0.25) is 0 Å². The Morgan fingerprint density at radius 2 is 1.56 bits per heavy atom. The van der Waals surface area contributed by atoms with Crippen LogP contribution in [0.15, 0.2) is 102 Å². The second-order valence-electron chi connectivity index (χ2n) is 10.5. The predicted molar refractivity (Wildman–Crippen MR) is 165 cm³/mol. The van der Waals surface area contributed by atoms with Gasteiger partial charge in [-0.25, -0.2) is 12.8 Å². The molecule has 0 radical (unpaired) electrons. The van der Waals surface area contributed by atoms with Crippen LogP contribution in [0.4, 0.5) is 15.8 Å². The zero-order valence-corrected chi connectivity index (χ0v) is 24.6. The van der Waals surface area contributed by atoms with Crippen molar-refractivity contribution in [3.8, 4) is 0 Å². The second kappa shape index (κ2) is 13.1. The summed E-state index contributed by atoms with van der Waals surface area (Å²) in [5, 5.41) is 2.87. The average Bonchev–Trinajstić information content (AvgIpc) is 3.27. The highest BCUT2D eigenvalue weighted by Gasteiger charge is 2.24. The molecule has 1 saturated heterocycles. The van der Waals surface area contributed by atoms with Crippen LogP contribution in [0, 0.1) is 12.7 Å². The van der Waals surface area contributed by atoms with Crippen molar-refractivity contribution in [3.63, 3.8) is 0 Å². The van der Waals surface area contributed by atoms with Gasteiger partial charge in [0.15, 0.2) is 0 Å². The van der Waals surface area contributed by atoms with Crippen LogP contribution in [0.1, 0.15) is 38.3 Å². The standard InChI is InChI=1S/C33H33FN4O4S/c1-24-8-12-26(13-9-24)33(40)38-19-5-18-37(20-21-38)31-17-16-28(36-43(41,42)29-6-3-2-4-7-29)22-30(31)32(39)35-23-25-10-14-27(34)15-11-25/h2-4,6-17,22,36H,5,18-21,23H2,1H3,(H,35,39). The zero-order valence-electron chi connectivity index (χ0n) is 23.8. The van der Waals surface area contributed by atoms with Crippen LogP contribution in [0.25, 0.3) is 0 Å². The van der Waals surface area contributed by atoms with Gasteiger partial charge in [-0.3, -0.25) is 14.3 Å². The number of halogens is 1. The van der Waals surface area contributed by atoms with Gasteiger partial charge in [-0.15, -0.1) is 0 Å². The normalized spacial score (nSPS) is 13.7. The van der Waals surface area contributed by atoms with E-state index in [-0.39, 0.29) is 34.4 Å². The van der Waals surface area contributed by atoms with Crippen LogP contribution in [-0.2, 0) is 16.6 Å². The van der Waals surface area contributed by atoms with Gasteiger partial charge in [-0.05, 0) is 73.5 Å². The fraction of sp³-hybridized carbons (Fsp3) is 0.212. The maximum absolute atomic E-state index is 13.6. The Kier molecular flexibility index (Phi) is 9.06. The highest BCUT2D eigenvalue weighted by Crippen LogP contribution is 2.28. The summed E-state index contributed by atoms with van der Waals surface area (Å²) in [5.41, 5.74) is 3.59. The fourth-order valence-corrected chi connectivity index (χ4v) is 6.06. The number of nitrogens with one attached hydrogen (secondary N) is 2. The molecule has 4 aromatic rings. The molecule has 0 aliphatic carbocycles. The number of hydrogen-bond donors (Lipinski definition) is 2. The predicted octanol–water partition coefficient (Wildman–Crippen LogP) is 5.22. The van der Waals surface area contributed by atoms with Gasteiger partial charge in [-0.2, -0.15) is 0 Å². The lowest BCUT2D eigenvalue weighted by Gasteiger charge is -2.26. The number of amides is 2. The Morgan fingerprint density at radius 1 is 0.837 bits per heavy atom. The number of carbonyl (C=O) groups is 2. The topological polar surface area (TPSA) is 98.8 Å². The summed E-state index contributed by atoms with van der Waals surface area (Å²) in [7, 11) is -3.88. The fourth-order valence-electron chi connectivity index (χ4n) is 4.99. The number of hydrogen-bond acceptors (Lipinski definition) is 5. The van der Waals surface area contributed by atoms with Crippen molar-refractivity contribution >= 4 is 33.2 Å². The molecule has 43 heavy (non-hydrogen) atoms. The summed E-state index contributed by atoms with van der Waals surface area (Å²) in [6.45, 7) is 4.27. The Bertz CT molecular complexity index is 1700. The van der Waals surface area contributed by atoms with Crippen molar-refractivity contribution in [2.75, 3.05) is 35.8 Å². The van der Waals surface area contributed by atoms with Crippen LogP contribution in [0.3, 0.4) is 0 Å². The number of nitrogens with zero attached hydrogens (tertiary/aromatic N) is 2. The highest BCUT2D eigenvalue weighted by atomic mass is 32.2. The molecule has 1 aliphatic rings. The first kappa shape index (κ1) is 29.8. The Balaban J connectivity index is 1.39. The summed E-state index contributed by atoms with van der Waals surface area (Å²) >= 11 is 0. The monoisotopic (exact) mass is 600 g/mol. The lowest BCUT2D eigenvalue weighted by Crippen LogP contribution is -2.36. The molecule has 4 aromatic carbocycles. The molecule has 2 amide bonds. The number of benzene rings is 4. The molecule has 0 bridgehead atoms. The second-order valence-corrected chi connectivity index (χ2v) is 12.1. The third-order valence-electron chi connectivity index (χ3n) is 7.34. The molecule has 5 rings (SSSR count). The van der Waals surface area contributed by atoms with E-state index in [0.717, 1.165) is 11.1 Å². The zero-order chi connectivity index (χ0) is 30.4. The number of anilines is 2. The molecule has 0 unspecified atom stereocenters. The maximum Gasteiger partial charge on any atom is 0.261 e. The maximum atomic E-state index is 13.6. The van der Waals surface area contributed by atoms with Crippen molar-refractivity contribution in [2.45, 2.75) is 24.8 Å². The van der Waals surface area contributed by atoms with Gasteiger partial charge in [0.2, 0.25) is 0 Å². The number of carbonyl (C=O) groups excluding carboxylic acids is 2. The van der Waals surface area contributed by atoms with E-state index in [0.29, 0.717) is 43.9 Å². The van der Waals surface area contributed by atoms with Gasteiger partial charge in [0.1, 0.15) is 5.82 Å². The van der Waals surface area contributed by atoms with Gasteiger partial charge in [0.05, 0.1) is 10.5 Å². The third-order valence-corrected chi connectivity index (χ3v) is 8.73. The van der Waals surface area contributed by atoms with Crippen molar-refractivity contribution in [1.29, 1.82) is 0 Å². The first-order chi connectivity index (χ1) is 20.7. The Hall–Kier alpha value is -4.70. The average molecular weight is 601 g/mol. The molecule has 0 aromatic heterocycles. The molecule has 1 aliphatic heterocycles. The van der Waals surface area contributed by atoms with Crippen molar-refractivity contribution < 1.29 is 22.4 Å². The quantitative estimate of drug-likeness (QED) is 0.289. The van der Waals surface area contributed by atoms with Gasteiger partial charge >= 0.3 is 0 Å². The van der Waals surface area contributed by atoms with E-state index in [9.17, 15) is 22.4 Å². The van der Waals surface area contributed by atoms with Crippen LogP contribution in [-0.4, -0.2) is 51.3 Å². The molecule has 0 spiro atoms. The van der Waals surface area contributed by atoms with Crippen molar-refractivity contribution in [2.24, 2.45) is 0 Å². The molecule has 10 heteroatoms. The van der Waals surface area contributed by atoms with E-state index >= 15 is 0 Å². The van der Waals surface area contributed by atoms with Gasteiger partial charge in [0.25, 0.3) is 21.8 Å². The summed E-state index contributed by atoms with van der Waals surface area (Å²) < 4.78 is 41.9. The SMILES string of the molecule is Cc1ccc(C(=O)N2CCCN(c3ccc(NS(=O)(=O)c4ccccc4)cc3C(=O)NCc3ccc(F)cc3)CC2)cc1. The van der Waals surface area contributed by atoms with Crippen molar-refractivity contribution in [1.82, 2.24) is 10.2 Å². The third kappa shape index (κ3) is 7.39. The minimum atomic E-state index is -3.88. The molecule has 0 atom stereocenters. The number of rotatable bonds is 8. The smallest absolute Gasteiger partial charge is 0.261 e. The van der Waals surface area contributed by atoms with Crippen LogP contribution < -0.4 is 14.9 Å². The van der Waals surface area contributed by atoms with E-state index in [1.165, 1.54) is 30.3 Å². The van der Waals surface area contributed by atoms with E-state index in [1.54, 1.807) is 42.5 Å². The minimum absolute atomic E-state index is 0.0372. The summed E-state index contributed by atoms with van der Waals surface area (Å²) in [6.07, 6.45) is 0.691. The number of aryl methyl sites for hydroxylation is 1. The Labute approximate surface area is 251 Å². The number of sulfonamides is 1. The van der Waals surface area contributed by atoms with Gasteiger partial charge < -0.3 is 15.1 Å². The summed E-state index contributed by atoms with van der Waals surface area (Å²) in [5.74, 6) is -0.812. The summed E-state index contributed by atoms with van der Waals surface area (Å²) in [4.78, 5) is 30.7. The van der Waals surface area contributed by atoms with E-state index < -0.39 is 15.9 Å². The molecular weight excluding hydrogens is 567 g/mol. The minimum Gasteiger partial charge on any atom is -0.369 e. The van der Waals surface area contributed by atoms with Crippen LogP contribution >= 0.6 is 0 Å². The van der Waals surface area contributed by atoms with Crippen LogP contribution in [0.5, 0.6) is 0 Å². The molecule has 1 heterocycles. The van der Waals surface area contributed by atoms with Gasteiger partial charge in [0, 0.05) is 49.7 Å². The first-order valence-corrected chi connectivity index (χ1v) is 15.5. The molecule has 222 valence electrons. The molecule has 1 fully saturated rings. The van der Waals surface area contributed by atoms with Gasteiger partial charge in [-0.1, -0.05) is 48.0 Å². The Morgan fingerprint density at radius 3 is 2.28 bits per heavy atom. The molecule has 0 saturated carbocycles. The van der Waals surface area contributed by atoms with E-state index in [2.05, 4.69) is 10.0 Å². The molecular formula is C33H33FN4O4S. The van der Waals surface area contributed by atoms with E-state index in [1.807, 2.05) is 41.0 Å². The van der Waals surface area contributed by atoms with E-state index in [4.69, 9.17) is 0 Å². The lowest BCUT2D eigenvalue weighted by molar-refractivity contribution is 0.0766. The first-order valence-electron chi connectivity index (χ1n) is 14.0. The van der Waals surface area contributed by atoms with Crippen molar-refractivity contribution in [3.05, 3.63) is 125 Å². The highest BCUT2D eigenvalue weighted by molar-refractivity contribution is 7.92. The lowest BCUT2D eigenvalue weighted by atomic mass is 10.1. The molecule has 8 nitrogen and oxygen atoms in total. The summed E-state index contributed by atoms with van der Waals surface area (Å²) in [6, 6.07) is 26.2. The largest absolute Gasteiger partial charge is 0.369 e. The molecule has 2 N–H and O–H groups in total.